The number of ether oxygens (including phenoxy) is 1. The molecule has 0 spiro atoms. The molecule has 1 aromatic carbocycles. The van der Waals surface area contributed by atoms with Gasteiger partial charge in [0.1, 0.15) is 0 Å². The Morgan fingerprint density at radius 3 is 2.67 bits per heavy atom. The molecule has 0 radical (unpaired) electrons. The Labute approximate surface area is 73.6 Å². The van der Waals surface area contributed by atoms with E-state index in [1.165, 1.54) is 5.56 Å². The monoisotopic (exact) mass is 165 g/mol. The van der Waals surface area contributed by atoms with E-state index in [0.29, 0.717) is 6.73 Å². The molecule has 12 heavy (non-hydrogen) atoms. The maximum Gasteiger partial charge on any atom is 0.0967 e. The molecule has 0 saturated heterocycles. The number of rotatable bonds is 5. The van der Waals surface area contributed by atoms with Crippen molar-refractivity contribution in [1.29, 1.82) is 0 Å². The van der Waals surface area contributed by atoms with Crippen LogP contribution in [0.2, 0.25) is 0 Å². The largest absolute Gasteiger partial charge is 0.367 e. The first-order valence-electron chi connectivity index (χ1n) is 4.26. The minimum atomic E-state index is 0.630. The fourth-order valence-corrected chi connectivity index (χ4v) is 0.965. The topological polar surface area (TPSA) is 21.3 Å². The van der Waals surface area contributed by atoms with E-state index in [1.54, 1.807) is 0 Å². The second-order valence-corrected chi connectivity index (χ2v) is 2.55. The van der Waals surface area contributed by atoms with Crippen molar-refractivity contribution in [3.05, 3.63) is 35.9 Å². The Balaban J connectivity index is 2.16. The zero-order valence-corrected chi connectivity index (χ0v) is 7.42. The minimum Gasteiger partial charge on any atom is -0.367 e. The summed E-state index contributed by atoms with van der Waals surface area (Å²) in [6, 6.07) is 10.3. The summed E-state index contributed by atoms with van der Waals surface area (Å²) in [6.07, 6.45) is 0. The van der Waals surface area contributed by atoms with E-state index < -0.39 is 0 Å². The first-order valence-corrected chi connectivity index (χ1v) is 4.26. The molecule has 0 unspecified atom stereocenters. The number of hydrogen-bond acceptors (Lipinski definition) is 2. The van der Waals surface area contributed by atoms with Gasteiger partial charge in [-0.3, -0.25) is 5.32 Å². The summed E-state index contributed by atoms with van der Waals surface area (Å²) in [6.45, 7) is 4.26. The van der Waals surface area contributed by atoms with Crippen molar-refractivity contribution in [3.63, 3.8) is 0 Å². The highest BCUT2D eigenvalue weighted by Crippen LogP contribution is 1.96. The van der Waals surface area contributed by atoms with Crippen LogP contribution in [0.3, 0.4) is 0 Å². The second-order valence-electron chi connectivity index (χ2n) is 2.55. The summed E-state index contributed by atoms with van der Waals surface area (Å²) < 4.78 is 5.14. The van der Waals surface area contributed by atoms with E-state index in [9.17, 15) is 0 Å². The van der Waals surface area contributed by atoms with Crippen molar-refractivity contribution in [3.8, 4) is 0 Å². The lowest BCUT2D eigenvalue weighted by atomic mass is 10.2. The summed E-state index contributed by atoms with van der Waals surface area (Å²) in [5.74, 6) is 0. The Morgan fingerprint density at radius 1 is 1.25 bits per heavy atom. The minimum absolute atomic E-state index is 0.630. The van der Waals surface area contributed by atoms with Gasteiger partial charge in [0.2, 0.25) is 0 Å². The van der Waals surface area contributed by atoms with Gasteiger partial charge in [0.05, 0.1) is 6.73 Å². The molecule has 1 N–H and O–H groups in total. The molecule has 0 aliphatic rings. The van der Waals surface area contributed by atoms with Crippen molar-refractivity contribution < 1.29 is 4.74 Å². The lowest BCUT2D eigenvalue weighted by Gasteiger charge is -2.03. The Kier molecular flexibility index (Phi) is 4.42. The molecule has 0 amide bonds. The first-order chi connectivity index (χ1) is 5.93. The highest BCUT2D eigenvalue weighted by atomic mass is 16.5. The molecule has 1 rings (SSSR count). The summed E-state index contributed by atoms with van der Waals surface area (Å²) in [4.78, 5) is 0. The van der Waals surface area contributed by atoms with Gasteiger partial charge < -0.3 is 4.74 Å². The van der Waals surface area contributed by atoms with Crippen LogP contribution in [-0.4, -0.2) is 13.3 Å². The zero-order valence-electron chi connectivity index (χ0n) is 7.42. The highest BCUT2D eigenvalue weighted by molar-refractivity contribution is 5.13. The molecule has 1 aromatic rings. The summed E-state index contributed by atoms with van der Waals surface area (Å²) in [7, 11) is 0. The van der Waals surface area contributed by atoms with Gasteiger partial charge >= 0.3 is 0 Å². The molecule has 0 aliphatic carbocycles. The fourth-order valence-electron chi connectivity index (χ4n) is 0.965. The van der Waals surface area contributed by atoms with Gasteiger partial charge in [-0.15, -0.1) is 0 Å². The third-order valence-electron chi connectivity index (χ3n) is 1.58. The van der Waals surface area contributed by atoms with Gasteiger partial charge in [0, 0.05) is 13.2 Å². The lowest BCUT2D eigenvalue weighted by molar-refractivity contribution is 0.128. The van der Waals surface area contributed by atoms with E-state index in [-0.39, 0.29) is 0 Å². The average Bonchev–Trinajstić information content (AvgIpc) is 2.14. The number of hydrogen-bond donors (Lipinski definition) is 1. The molecule has 0 fully saturated rings. The third-order valence-corrected chi connectivity index (χ3v) is 1.58. The van der Waals surface area contributed by atoms with Gasteiger partial charge in [-0.2, -0.15) is 0 Å². The van der Waals surface area contributed by atoms with Gasteiger partial charge in [0.15, 0.2) is 0 Å². The van der Waals surface area contributed by atoms with E-state index in [4.69, 9.17) is 4.74 Å². The molecular weight excluding hydrogens is 150 g/mol. The Bertz CT molecular complexity index is 198. The standard InChI is InChI=1S/C10H15NO/c1-2-12-9-11-8-10-6-4-3-5-7-10/h3-7,11H,2,8-9H2,1H3. The van der Waals surface area contributed by atoms with Gasteiger partial charge in [-0.1, -0.05) is 30.3 Å². The smallest absolute Gasteiger partial charge is 0.0967 e. The van der Waals surface area contributed by atoms with Crippen molar-refractivity contribution >= 4 is 0 Å². The van der Waals surface area contributed by atoms with Crippen LogP contribution in [0.5, 0.6) is 0 Å². The van der Waals surface area contributed by atoms with E-state index in [2.05, 4.69) is 17.4 Å². The average molecular weight is 165 g/mol. The molecule has 0 saturated carbocycles. The molecule has 2 heteroatoms. The maximum atomic E-state index is 5.14. The number of nitrogens with one attached hydrogen (secondary N) is 1. The molecule has 0 aromatic heterocycles. The summed E-state index contributed by atoms with van der Waals surface area (Å²) in [5, 5.41) is 3.18. The first kappa shape index (κ1) is 9.23. The molecule has 0 atom stereocenters. The Hall–Kier alpha value is -0.860. The second kappa shape index (κ2) is 5.75. The summed E-state index contributed by atoms with van der Waals surface area (Å²) in [5.41, 5.74) is 1.29. The van der Waals surface area contributed by atoms with Crippen LogP contribution in [0.1, 0.15) is 12.5 Å². The predicted octanol–water partition coefficient (Wildman–Crippen LogP) is 1.77. The third kappa shape index (κ3) is 3.51. The fraction of sp³-hybridized carbons (Fsp3) is 0.400. The van der Waals surface area contributed by atoms with Crippen molar-refractivity contribution in [2.24, 2.45) is 0 Å². The normalized spacial score (nSPS) is 10.1. The van der Waals surface area contributed by atoms with Crippen LogP contribution < -0.4 is 5.32 Å². The van der Waals surface area contributed by atoms with Crippen molar-refractivity contribution in [2.75, 3.05) is 13.3 Å². The quantitative estimate of drug-likeness (QED) is 0.530. The summed E-state index contributed by atoms with van der Waals surface area (Å²) >= 11 is 0. The van der Waals surface area contributed by atoms with E-state index in [1.807, 2.05) is 25.1 Å². The zero-order chi connectivity index (χ0) is 8.65. The van der Waals surface area contributed by atoms with Gasteiger partial charge in [0.25, 0.3) is 0 Å². The molecule has 0 aliphatic heterocycles. The van der Waals surface area contributed by atoms with Crippen LogP contribution in [0.25, 0.3) is 0 Å². The van der Waals surface area contributed by atoms with Crippen LogP contribution >= 0.6 is 0 Å². The van der Waals surface area contributed by atoms with Crippen molar-refractivity contribution in [1.82, 2.24) is 5.32 Å². The van der Waals surface area contributed by atoms with E-state index >= 15 is 0 Å². The molecule has 0 bridgehead atoms. The number of benzene rings is 1. The molecule has 2 nitrogen and oxygen atoms in total. The maximum absolute atomic E-state index is 5.14. The SMILES string of the molecule is CCOCNCc1ccccc1. The molecule has 66 valence electrons. The molecular formula is C10H15NO. The van der Waals surface area contributed by atoms with E-state index in [0.717, 1.165) is 13.2 Å². The lowest BCUT2D eigenvalue weighted by Crippen LogP contribution is -2.17. The van der Waals surface area contributed by atoms with Crippen LogP contribution in [0.4, 0.5) is 0 Å². The van der Waals surface area contributed by atoms with Gasteiger partial charge in [-0.05, 0) is 12.5 Å². The molecule has 0 heterocycles. The van der Waals surface area contributed by atoms with Crippen LogP contribution in [0, 0.1) is 0 Å². The van der Waals surface area contributed by atoms with Crippen molar-refractivity contribution in [2.45, 2.75) is 13.5 Å². The highest BCUT2D eigenvalue weighted by Gasteiger charge is 1.88. The predicted molar refractivity (Wildman–Crippen MR) is 49.8 cm³/mol. The van der Waals surface area contributed by atoms with Gasteiger partial charge in [-0.25, -0.2) is 0 Å². The van der Waals surface area contributed by atoms with Crippen LogP contribution in [0.15, 0.2) is 30.3 Å². The van der Waals surface area contributed by atoms with Crippen LogP contribution in [-0.2, 0) is 11.3 Å². The Morgan fingerprint density at radius 2 is 2.00 bits per heavy atom.